The Morgan fingerprint density at radius 3 is 2.52 bits per heavy atom. The largest absolute Gasteiger partial charge is 0.491 e. The summed E-state index contributed by atoms with van der Waals surface area (Å²) in [4.78, 5) is 12.5. The molecule has 0 radical (unpaired) electrons. The molecule has 1 heterocycles. The second-order valence-electron chi connectivity index (χ2n) is 6.59. The zero-order valence-electron chi connectivity index (χ0n) is 16.0. The van der Waals surface area contributed by atoms with Crippen LogP contribution in [0.1, 0.15) is 23.2 Å². The van der Waals surface area contributed by atoms with E-state index in [0.717, 1.165) is 19.4 Å². The lowest BCUT2D eigenvalue weighted by molar-refractivity contribution is 0.0679. The van der Waals surface area contributed by atoms with Gasteiger partial charge >= 0.3 is 0 Å². The van der Waals surface area contributed by atoms with Crippen molar-refractivity contribution in [1.82, 2.24) is 4.72 Å². The lowest BCUT2D eigenvalue weighted by Crippen LogP contribution is -2.23. The average molecular weight is 416 g/mol. The van der Waals surface area contributed by atoms with Crippen LogP contribution in [0, 0.1) is 0 Å². The summed E-state index contributed by atoms with van der Waals surface area (Å²) in [6.45, 7) is 4.91. The van der Waals surface area contributed by atoms with Crippen LogP contribution in [-0.2, 0) is 14.8 Å². The summed E-state index contributed by atoms with van der Waals surface area (Å²) >= 11 is 0. The van der Waals surface area contributed by atoms with Crippen molar-refractivity contribution in [1.29, 1.82) is 0 Å². The van der Waals surface area contributed by atoms with Gasteiger partial charge in [0.25, 0.3) is 5.91 Å². The highest BCUT2D eigenvalue weighted by Crippen LogP contribution is 2.18. The van der Waals surface area contributed by atoms with E-state index in [2.05, 4.69) is 16.6 Å². The summed E-state index contributed by atoms with van der Waals surface area (Å²) in [5.41, 5.74) is 0.968. The van der Waals surface area contributed by atoms with Gasteiger partial charge in [0.15, 0.2) is 0 Å². The molecule has 3 rings (SSSR count). The molecule has 1 unspecified atom stereocenters. The fraction of sp³-hybridized carbons (Fsp3) is 0.286. The van der Waals surface area contributed by atoms with Crippen LogP contribution in [0.2, 0.25) is 0 Å². The number of nitrogens with one attached hydrogen (secondary N) is 2. The van der Waals surface area contributed by atoms with Crippen molar-refractivity contribution in [2.45, 2.75) is 23.8 Å². The maximum Gasteiger partial charge on any atom is 0.255 e. The predicted octanol–water partition coefficient (Wildman–Crippen LogP) is 2.96. The van der Waals surface area contributed by atoms with Gasteiger partial charge in [0, 0.05) is 24.4 Å². The van der Waals surface area contributed by atoms with Gasteiger partial charge in [0.2, 0.25) is 10.0 Å². The van der Waals surface area contributed by atoms with E-state index in [-0.39, 0.29) is 23.5 Å². The molecule has 1 fully saturated rings. The van der Waals surface area contributed by atoms with Crippen LogP contribution >= 0.6 is 0 Å². The molecule has 0 bridgehead atoms. The van der Waals surface area contributed by atoms with Crippen LogP contribution in [0.5, 0.6) is 5.75 Å². The molecule has 1 aliphatic rings. The smallest absolute Gasteiger partial charge is 0.255 e. The van der Waals surface area contributed by atoms with Crippen LogP contribution in [0.15, 0.2) is 66.1 Å². The highest BCUT2D eigenvalue weighted by Gasteiger charge is 2.16. The SMILES string of the molecule is C=CCNS(=O)(=O)c1ccc(NC(=O)c2ccc(OCC3CCCO3)cc2)cc1. The third-order valence-corrected chi connectivity index (χ3v) is 5.86. The third kappa shape index (κ3) is 5.90. The first-order valence-corrected chi connectivity index (χ1v) is 10.8. The van der Waals surface area contributed by atoms with Crippen molar-refractivity contribution in [3.63, 3.8) is 0 Å². The van der Waals surface area contributed by atoms with Gasteiger partial charge in [-0.05, 0) is 61.4 Å². The van der Waals surface area contributed by atoms with E-state index >= 15 is 0 Å². The molecule has 154 valence electrons. The molecule has 1 aliphatic heterocycles. The number of carbonyl (C=O) groups excluding carboxylic acids is 1. The van der Waals surface area contributed by atoms with Gasteiger partial charge in [-0.15, -0.1) is 6.58 Å². The number of rotatable bonds is 9. The third-order valence-electron chi connectivity index (χ3n) is 4.42. The number of hydrogen-bond acceptors (Lipinski definition) is 5. The van der Waals surface area contributed by atoms with Crippen molar-refractivity contribution < 1.29 is 22.7 Å². The maximum absolute atomic E-state index is 12.4. The first kappa shape index (κ1) is 21.0. The number of ether oxygens (including phenoxy) is 2. The van der Waals surface area contributed by atoms with E-state index in [1.165, 1.54) is 18.2 Å². The van der Waals surface area contributed by atoms with Gasteiger partial charge in [0.05, 0.1) is 11.0 Å². The quantitative estimate of drug-likeness (QED) is 0.613. The highest BCUT2D eigenvalue weighted by molar-refractivity contribution is 7.89. The molecule has 0 saturated carbocycles. The summed E-state index contributed by atoms with van der Waals surface area (Å²) in [5.74, 6) is 0.384. The van der Waals surface area contributed by atoms with Gasteiger partial charge in [-0.1, -0.05) is 6.08 Å². The Labute approximate surface area is 170 Å². The Morgan fingerprint density at radius 2 is 1.90 bits per heavy atom. The summed E-state index contributed by atoms with van der Waals surface area (Å²) < 4.78 is 37.7. The van der Waals surface area contributed by atoms with Crippen molar-refractivity contribution in [2.75, 3.05) is 25.1 Å². The molecular weight excluding hydrogens is 392 g/mol. The Bertz CT molecular complexity index is 934. The standard InChI is InChI=1S/C21H24N2O5S/c1-2-13-22-29(25,26)20-11-7-17(8-12-20)23-21(24)16-5-9-18(10-6-16)28-15-19-4-3-14-27-19/h2,5-12,19,22H,1,3-4,13-15H2,(H,23,24). The second kappa shape index (κ2) is 9.69. The first-order chi connectivity index (χ1) is 14.0. The summed E-state index contributed by atoms with van der Waals surface area (Å²) in [5, 5.41) is 2.75. The molecule has 0 aromatic heterocycles. The maximum atomic E-state index is 12.4. The van der Waals surface area contributed by atoms with Crippen LogP contribution in [0.4, 0.5) is 5.69 Å². The Hall–Kier alpha value is -2.68. The molecule has 7 nitrogen and oxygen atoms in total. The topological polar surface area (TPSA) is 93.7 Å². The van der Waals surface area contributed by atoms with Gasteiger partial charge < -0.3 is 14.8 Å². The number of carbonyl (C=O) groups is 1. The molecule has 1 saturated heterocycles. The normalized spacial score (nSPS) is 16.3. The monoisotopic (exact) mass is 416 g/mol. The average Bonchev–Trinajstić information content (AvgIpc) is 3.25. The zero-order chi connectivity index (χ0) is 20.7. The number of hydrogen-bond donors (Lipinski definition) is 2. The molecule has 1 amide bonds. The second-order valence-corrected chi connectivity index (χ2v) is 8.36. The zero-order valence-corrected chi connectivity index (χ0v) is 16.8. The molecule has 2 aromatic rings. The number of sulfonamides is 1. The lowest BCUT2D eigenvalue weighted by atomic mass is 10.2. The van der Waals surface area contributed by atoms with E-state index in [9.17, 15) is 13.2 Å². The van der Waals surface area contributed by atoms with Crippen LogP contribution in [0.25, 0.3) is 0 Å². The van der Waals surface area contributed by atoms with Crippen LogP contribution in [0.3, 0.4) is 0 Å². The highest BCUT2D eigenvalue weighted by atomic mass is 32.2. The van der Waals surface area contributed by atoms with E-state index in [1.807, 2.05) is 0 Å². The van der Waals surface area contributed by atoms with Crippen molar-refractivity contribution in [2.24, 2.45) is 0 Å². The minimum Gasteiger partial charge on any atom is -0.491 e. The van der Waals surface area contributed by atoms with E-state index < -0.39 is 10.0 Å². The van der Waals surface area contributed by atoms with Crippen LogP contribution < -0.4 is 14.8 Å². The van der Waals surface area contributed by atoms with Gasteiger partial charge in [0.1, 0.15) is 12.4 Å². The van der Waals surface area contributed by atoms with Gasteiger partial charge in [-0.2, -0.15) is 0 Å². The van der Waals surface area contributed by atoms with Crippen molar-refractivity contribution >= 4 is 21.6 Å². The molecule has 2 aromatic carbocycles. The minimum absolute atomic E-state index is 0.116. The molecule has 2 N–H and O–H groups in total. The fourth-order valence-corrected chi connectivity index (χ4v) is 3.84. The lowest BCUT2D eigenvalue weighted by Gasteiger charge is -2.12. The number of anilines is 1. The molecular formula is C21H24N2O5S. The minimum atomic E-state index is -3.59. The van der Waals surface area contributed by atoms with E-state index in [1.54, 1.807) is 36.4 Å². The number of benzene rings is 2. The van der Waals surface area contributed by atoms with E-state index in [4.69, 9.17) is 9.47 Å². The first-order valence-electron chi connectivity index (χ1n) is 9.34. The molecule has 0 aliphatic carbocycles. The van der Waals surface area contributed by atoms with Crippen LogP contribution in [-0.4, -0.2) is 40.2 Å². The van der Waals surface area contributed by atoms with Crippen molar-refractivity contribution in [3.05, 3.63) is 66.7 Å². The molecule has 8 heteroatoms. The summed E-state index contributed by atoms with van der Waals surface area (Å²) in [7, 11) is -3.59. The molecule has 0 spiro atoms. The van der Waals surface area contributed by atoms with Gasteiger partial charge in [-0.3, -0.25) is 4.79 Å². The Kier molecular flexibility index (Phi) is 7.03. The van der Waals surface area contributed by atoms with Crippen molar-refractivity contribution in [3.8, 4) is 5.75 Å². The molecule has 1 atom stereocenters. The predicted molar refractivity (Wildman–Crippen MR) is 111 cm³/mol. The summed E-state index contributed by atoms with van der Waals surface area (Å²) in [6.07, 6.45) is 3.66. The Morgan fingerprint density at radius 1 is 1.17 bits per heavy atom. The fourth-order valence-electron chi connectivity index (χ4n) is 2.84. The van der Waals surface area contributed by atoms with E-state index in [0.29, 0.717) is 23.6 Å². The van der Waals surface area contributed by atoms with Gasteiger partial charge in [-0.25, -0.2) is 13.1 Å². The summed E-state index contributed by atoms with van der Waals surface area (Å²) in [6, 6.07) is 12.8. The number of amides is 1. The molecule has 29 heavy (non-hydrogen) atoms. The Balaban J connectivity index is 1.56.